The Hall–Kier alpha value is -3.07. The summed E-state index contributed by atoms with van der Waals surface area (Å²) in [7, 11) is 1.85. The van der Waals surface area contributed by atoms with E-state index in [2.05, 4.69) is 21.7 Å². The van der Waals surface area contributed by atoms with Crippen LogP contribution in [0.25, 0.3) is 0 Å². The Bertz CT molecular complexity index is 986. The van der Waals surface area contributed by atoms with Gasteiger partial charge in [-0.05, 0) is 44.2 Å². The number of anilines is 1. The second kappa shape index (κ2) is 12.1. The molecule has 8 nitrogen and oxygen atoms in total. The number of aromatic nitrogens is 2. The van der Waals surface area contributed by atoms with E-state index in [4.69, 9.17) is 4.74 Å². The number of esters is 1. The van der Waals surface area contributed by atoms with Crippen molar-refractivity contribution in [1.82, 2.24) is 14.9 Å². The number of nitrogens with one attached hydrogen (secondary N) is 2. The number of para-hydroxylation sites is 1. The average Bonchev–Trinajstić information content (AvgIpc) is 3.22. The highest BCUT2D eigenvalue weighted by molar-refractivity contribution is 7.99. The normalized spacial score (nSPS) is 13.2. The van der Waals surface area contributed by atoms with Crippen molar-refractivity contribution in [2.75, 3.05) is 24.2 Å². The molecular weight excluding hydrogens is 428 g/mol. The molecule has 1 aromatic heterocycles. The highest BCUT2D eigenvalue weighted by Gasteiger charge is 2.16. The predicted octanol–water partition coefficient (Wildman–Crippen LogP) is 3.31. The zero-order valence-electron chi connectivity index (χ0n) is 18.1. The SMILES string of the molecule is Cn1ccnc1SCC(=O)Nc1ccccc1C(=O)OCC(=O)NCCC1=CCCCC1. The van der Waals surface area contributed by atoms with Crippen LogP contribution in [0, 0.1) is 0 Å². The maximum atomic E-state index is 12.5. The second-order valence-corrected chi connectivity index (χ2v) is 8.43. The zero-order chi connectivity index (χ0) is 22.8. The fourth-order valence-corrected chi connectivity index (χ4v) is 4.06. The molecule has 2 amide bonds. The van der Waals surface area contributed by atoms with Crippen LogP contribution in [0.2, 0.25) is 0 Å². The third-order valence-electron chi connectivity index (χ3n) is 5.02. The van der Waals surface area contributed by atoms with Gasteiger partial charge in [0.25, 0.3) is 5.91 Å². The molecule has 0 atom stereocenters. The molecule has 0 spiro atoms. The summed E-state index contributed by atoms with van der Waals surface area (Å²) >= 11 is 1.29. The van der Waals surface area contributed by atoms with Crippen molar-refractivity contribution in [3.63, 3.8) is 0 Å². The van der Waals surface area contributed by atoms with Crippen LogP contribution in [0.1, 0.15) is 42.5 Å². The molecule has 170 valence electrons. The van der Waals surface area contributed by atoms with E-state index in [1.807, 2.05) is 11.6 Å². The monoisotopic (exact) mass is 456 g/mol. The zero-order valence-corrected chi connectivity index (χ0v) is 19.0. The molecule has 0 saturated carbocycles. The standard InChI is InChI=1S/C23H28N4O4S/c1-27-14-13-25-23(27)32-16-21(29)26-19-10-6-5-9-18(19)22(30)31-15-20(28)24-12-11-17-7-3-2-4-8-17/h5-7,9-10,13-14H,2-4,8,11-12,15-16H2,1H3,(H,24,28)(H,26,29). The van der Waals surface area contributed by atoms with Crippen LogP contribution < -0.4 is 10.6 Å². The van der Waals surface area contributed by atoms with Gasteiger partial charge in [0.1, 0.15) is 0 Å². The van der Waals surface area contributed by atoms with E-state index in [0.717, 1.165) is 24.4 Å². The summed E-state index contributed by atoms with van der Waals surface area (Å²) in [5.74, 6) is -1.13. The first-order chi connectivity index (χ1) is 15.5. The van der Waals surface area contributed by atoms with Crippen LogP contribution in [0.4, 0.5) is 5.69 Å². The highest BCUT2D eigenvalue weighted by atomic mass is 32.2. The number of carbonyl (C=O) groups is 3. The number of rotatable bonds is 10. The Labute approximate surface area is 191 Å². The lowest BCUT2D eigenvalue weighted by atomic mass is 9.97. The molecule has 3 rings (SSSR count). The van der Waals surface area contributed by atoms with E-state index >= 15 is 0 Å². The van der Waals surface area contributed by atoms with Crippen LogP contribution in [0.15, 0.2) is 53.5 Å². The van der Waals surface area contributed by atoms with Crippen molar-refractivity contribution >= 4 is 35.2 Å². The topological polar surface area (TPSA) is 102 Å². The van der Waals surface area contributed by atoms with Crippen LogP contribution in [-0.4, -0.2) is 46.2 Å². The lowest BCUT2D eigenvalue weighted by molar-refractivity contribution is -0.124. The lowest BCUT2D eigenvalue weighted by Crippen LogP contribution is -2.30. The number of hydrogen-bond acceptors (Lipinski definition) is 6. The lowest BCUT2D eigenvalue weighted by Gasteiger charge is -2.13. The van der Waals surface area contributed by atoms with Crippen LogP contribution in [0.3, 0.4) is 0 Å². The molecule has 9 heteroatoms. The average molecular weight is 457 g/mol. The van der Waals surface area contributed by atoms with Gasteiger partial charge in [-0.3, -0.25) is 9.59 Å². The van der Waals surface area contributed by atoms with E-state index < -0.39 is 5.97 Å². The van der Waals surface area contributed by atoms with Crippen molar-refractivity contribution in [1.29, 1.82) is 0 Å². The molecule has 0 fully saturated rings. The number of carbonyl (C=O) groups excluding carboxylic acids is 3. The van der Waals surface area contributed by atoms with E-state index in [1.165, 1.54) is 30.2 Å². The first kappa shape index (κ1) is 23.6. The van der Waals surface area contributed by atoms with Gasteiger partial charge < -0.3 is 19.9 Å². The predicted molar refractivity (Wildman–Crippen MR) is 123 cm³/mol. The first-order valence-electron chi connectivity index (χ1n) is 10.6. The van der Waals surface area contributed by atoms with E-state index in [0.29, 0.717) is 12.2 Å². The third-order valence-corrected chi connectivity index (χ3v) is 6.08. The van der Waals surface area contributed by atoms with Gasteiger partial charge in [0.05, 0.1) is 17.0 Å². The molecule has 0 aliphatic heterocycles. The number of thioether (sulfide) groups is 1. The minimum atomic E-state index is -0.664. The number of imidazole rings is 1. The molecule has 1 aliphatic rings. The Kier molecular flexibility index (Phi) is 8.91. The Morgan fingerprint density at radius 2 is 2.03 bits per heavy atom. The number of benzene rings is 1. The van der Waals surface area contributed by atoms with Crippen molar-refractivity contribution < 1.29 is 19.1 Å². The molecule has 32 heavy (non-hydrogen) atoms. The molecule has 0 bridgehead atoms. The van der Waals surface area contributed by atoms with E-state index in [-0.39, 0.29) is 29.7 Å². The fourth-order valence-electron chi connectivity index (χ4n) is 3.33. The first-order valence-corrected chi connectivity index (χ1v) is 11.6. The number of allylic oxidation sites excluding steroid dienone is 1. The summed E-state index contributed by atoms with van der Waals surface area (Å²) in [5.41, 5.74) is 1.91. The molecule has 0 saturated heterocycles. The largest absolute Gasteiger partial charge is 0.452 e. The Balaban J connectivity index is 1.44. The molecule has 0 radical (unpaired) electrons. The summed E-state index contributed by atoms with van der Waals surface area (Å²) in [6.07, 6.45) is 11.2. The maximum absolute atomic E-state index is 12.5. The minimum absolute atomic E-state index is 0.146. The quantitative estimate of drug-likeness (QED) is 0.323. The van der Waals surface area contributed by atoms with Crippen molar-refractivity contribution in [3.8, 4) is 0 Å². The second-order valence-electron chi connectivity index (χ2n) is 7.49. The smallest absolute Gasteiger partial charge is 0.340 e. The number of ether oxygens (including phenoxy) is 1. The molecule has 0 unspecified atom stereocenters. The van der Waals surface area contributed by atoms with Crippen molar-refractivity contribution in [2.45, 2.75) is 37.3 Å². The van der Waals surface area contributed by atoms with Crippen LogP contribution >= 0.6 is 11.8 Å². The summed E-state index contributed by atoms with van der Waals surface area (Å²) < 4.78 is 6.97. The number of amides is 2. The van der Waals surface area contributed by atoms with E-state index in [1.54, 1.807) is 36.7 Å². The van der Waals surface area contributed by atoms with Gasteiger partial charge in [-0.2, -0.15) is 0 Å². The van der Waals surface area contributed by atoms with Gasteiger partial charge in [-0.1, -0.05) is 35.5 Å². The van der Waals surface area contributed by atoms with Crippen molar-refractivity contribution in [2.24, 2.45) is 7.05 Å². The van der Waals surface area contributed by atoms with Gasteiger partial charge in [-0.15, -0.1) is 0 Å². The Morgan fingerprint density at radius 1 is 1.19 bits per heavy atom. The summed E-state index contributed by atoms with van der Waals surface area (Å²) in [4.78, 5) is 41.0. The fraction of sp³-hybridized carbons (Fsp3) is 0.391. The molecule has 1 aliphatic carbocycles. The maximum Gasteiger partial charge on any atom is 0.340 e. The van der Waals surface area contributed by atoms with Crippen LogP contribution in [-0.2, 0) is 21.4 Å². The summed E-state index contributed by atoms with van der Waals surface area (Å²) in [6, 6.07) is 6.56. The highest BCUT2D eigenvalue weighted by Crippen LogP contribution is 2.20. The number of nitrogens with zero attached hydrogens (tertiary/aromatic N) is 2. The molecular formula is C23H28N4O4S. The van der Waals surface area contributed by atoms with Gasteiger partial charge in [0.15, 0.2) is 11.8 Å². The number of aryl methyl sites for hydroxylation is 1. The Morgan fingerprint density at radius 3 is 2.78 bits per heavy atom. The molecule has 1 aromatic carbocycles. The minimum Gasteiger partial charge on any atom is -0.452 e. The van der Waals surface area contributed by atoms with Crippen molar-refractivity contribution in [3.05, 3.63) is 53.9 Å². The van der Waals surface area contributed by atoms with Gasteiger partial charge in [0.2, 0.25) is 5.91 Å². The van der Waals surface area contributed by atoms with E-state index in [9.17, 15) is 14.4 Å². The molecule has 2 N–H and O–H groups in total. The number of hydrogen-bond donors (Lipinski definition) is 2. The summed E-state index contributed by atoms with van der Waals surface area (Å²) in [5, 5.41) is 6.23. The van der Waals surface area contributed by atoms with Gasteiger partial charge in [-0.25, -0.2) is 9.78 Å². The summed E-state index contributed by atoms with van der Waals surface area (Å²) in [6.45, 7) is 0.164. The third kappa shape index (κ3) is 7.26. The van der Waals surface area contributed by atoms with Gasteiger partial charge in [0, 0.05) is 26.0 Å². The van der Waals surface area contributed by atoms with Gasteiger partial charge >= 0.3 is 5.97 Å². The molecule has 2 aromatic rings. The molecule has 1 heterocycles. The van der Waals surface area contributed by atoms with Crippen LogP contribution in [0.5, 0.6) is 0 Å².